The van der Waals surface area contributed by atoms with Crippen molar-refractivity contribution in [3.05, 3.63) is 0 Å². The molecule has 0 bridgehead atoms. The Morgan fingerprint density at radius 3 is 2.73 bits per heavy atom. The topological polar surface area (TPSA) is 49.7 Å². The molecule has 1 rings (SSSR count). The van der Waals surface area contributed by atoms with Gasteiger partial charge in [0.25, 0.3) is 0 Å². The summed E-state index contributed by atoms with van der Waals surface area (Å²) in [6.45, 7) is 2.50. The Hall–Kier alpha value is -0.120. The highest BCUT2D eigenvalue weighted by Crippen LogP contribution is 2.21. The third kappa shape index (κ3) is 2.15. The lowest BCUT2D eigenvalue weighted by Crippen LogP contribution is -2.42. The predicted octanol–water partition coefficient (Wildman–Crippen LogP) is 0.297. The third-order valence-electron chi connectivity index (χ3n) is 2.14. The Balaban J connectivity index is 2.38. The van der Waals surface area contributed by atoms with Crippen LogP contribution in [0, 0.1) is 0 Å². The summed E-state index contributed by atoms with van der Waals surface area (Å²) in [5.74, 6) is 0. The Kier molecular flexibility index (Phi) is 3.30. The van der Waals surface area contributed by atoms with Crippen LogP contribution < -0.4 is 0 Å². The summed E-state index contributed by atoms with van der Waals surface area (Å²) in [5.41, 5.74) is 0. The van der Waals surface area contributed by atoms with Gasteiger partial charge in [-0.2, -0.15) is 0 Å². The molecule has 3 nitrogen and oxygen atoms in total. The van der Waals surface area contributed by atoms with Crippen molar-refractivity contribution in [2.45, 2.75) is 44.5 Å². The van der Waals surface area contributed by atoms with Gasteiger partial charge in [-0.15, -0.1) is 0 Å². The minimum Gasteiger partial charge on any atom is -0.390 e. The van der Waals surface area contributed by atoms with Crippen molar-refractivity contribution in [3.8, 4) is 0 Å². The van der Waals surface area contributed by atoms with Crippen LogP contribution in [0.2, 0.25) is 0 Å². The van der Waals surface area contributed by atoms with Crippen LogP contribution in [0.4, 0.5) is 0 Å². The SMILES string of the molecule is CCO[C@H]1CCC[C@@H](O)[C@@H]1O. The molecule has 1 saturated carbocycles. The normalized spacial score (nSPS) is 39.0. The molecular formula is C8H16O3. The first-order chi connectivity index (χ1) is 5.25. The van der Waals surface area contributed by atoms with Crippen molar-refractivity contribution in [2.75, 3.05) is 6.61 Å². The van der Waals surface area contributed by atoms with E-state index in [1.165, 1.54) is 0 Å². The molecule has 11 heavy (non-hydrogen) atoms. The smallest absolute Gasteiger partial charge is 0.106 e. The van der Waals surface area contributed by atoms with Crippen molar-refractivity contribution in [1.29, 1.82) is 0 Å². The van der Waals surface area contributed by atoms with Crippen molar-refractivity contribution >= 4 is 0 Å². The highest BCUT2D eigenvalue weighted by molar-refractivity contribution is 4.81. The summed E-state index contributed by atoms with van der Waals surface area (Å²) in [4.78, 5) is 0. The molecule has 0 radical (unpaired) electrons. The van der Waals surface area contributed by atoms with Gasteiger partial charge in [0, 0.05) is 6.61 Å². The first kappa shape index (κ1) is 8.97. The van der Waals surface area contributed by atoms with Crippen molar-refractivity contribution in [1.82, 2.24) is 0 Å². The Morgan fingerprint density at radius 1 is 1.36 bits per heavy atom. The molecule has 0 aromatic heterocycles. The van der Waals surface area contributed by atoms with Crippen molar-refractivity contribution in [3.63, 3.8) is 0 Å². The van der Waals surface area contributed by atoms with Gasteiger partial charge >= 0.3 is 0 Å². The molecule has 3 atom stereocenters. The van der Waals surface area contributed by atoms with E-state index in [0.29, 0.717) is 13.0 Å². The second-order valence-corrected chi connectivity index (χ2v) is 2.98. The van der Waals surface area contributed by atoms with E-state index in [2.05, 4.69) is 0 Å². The Labute approximate surface area is 67.0 Å². The molecule has 0 heterocycles. The summed E-state index contributed by atoms with van der Waals surface area (Å²) in [5, 5.41) is 18.6. The van der Waals surface area contributed by atoms with Gasteiger partial charge in [0.15, 0.2) is 0 Å². The van der Waals surface area contributed by atoms with E-state index < -0.39 is 12.2 Å². The number of ether oxygens (including phenoxy) is 1. The van der Waals surface area contributed by atoms with E-state index in [1.807, 2.05) is 6.92 Å². The molecule has 0 aromatic carbocycles. The minimum atomic E-state index is -0.677. The van der Waals surface area contributed by atoms with Gasteiger partial charge < -0.3 is 14.9 Å². The molecular weight excluding hydrogens is 144 g/mol. The lowest BCUT2D eigenvalue weighted by molar-refractivity contribution is -0.110. The van der Waals surface area contributed by atoms with Crippen LogP contribution in [-0.4, -0.2) is 35.1 Å². The summed E-state index contributed by atoms with van der Waals surface area (Å²) in [6.07, 6.45) is 1.10. The van der Waals surface area contributed by atoms with Crippen LogP contribution in [0.5, 0.6) is 0 Å². The molecule has 1 aliphatic rings. The standard InChI is InChI=1S/C8H16O3/c1-2-11-7-5-3-4-6(9)8(7)10/h6-10H,2-5H2,1H3/t6-,7+,8+/m1/s1. The lowest BCUT2D eigenvalue weighted by Gasteiger charge is -2.31. The van der Waals surface area contributed by atoms with E-state index in [4.69, 9.17) is 4.74 Å². The number of aliphatic hydroxyl groups excluding tert-OH is 2. The molecule has 0 aromatic rings. The predicted molar refractivity (Wildman–Crippen MR) is 41.3 cm³/mol. The van der Waals surface area contributed by atoms with Gasteiger partial charge in [0.2, 0.25) is 0 Å². The quantitative estimate of drug-likeness (QED) is 0.610. The fraction of sp³-hybridized carbons (Fsp3) is 1.00. The molecule has 2 N–H and O–H groups in total. The number of hydrogen-bond acceptors (Lipinski definition) is 3. The Morgan fingerprint density at radius 2 is 2.09 bits per heavy atom. The molecule has 66 valence electrons. The highest BCUT2D eigenvalue weighted by Gasteiger charge is 2.30. The lowest BCUT2D eigenvalue weighted by atomic mass is 9.92. The molecule has 1 fully saturated rings. The summed E-state index contributed by atoms with van der Waals surface area (Å²) in [6, 6.07) is 0. The van der Waals surface area contributed by atoms with Gasteiger partial charge in [-0.25, -0.2) is 0 Å². The van der Waals surface area contributed by atoms with Crippen molar-refractivity contribution < 1.29 is 14.9 Å². The van der Waals surface area contributed by atoms with E-state index in [0.717, 1.165) is 12.8 Å². The Bertz CT molecular complexity index is 114. The van der Waals surface area contributed by atoms with Gasteiger partial charge in [0.1, 0.15) is 6.10 Å². The summed E-state index contributed by atoms with van der Waals surface area (Å²) >= 11 is 0. The monoisotopic (exact) mass is 160 g/mol. The minimum absolute atomic E-state index is 0.149. The van der Waals surface area contributed by atoms with Crippen LogP contribution >= 0.6 is 0 Å². The molecule has 3 heteroatoms. The fourth-order valence-electron chi connectivity index (χ4n) is 1.51. The molecule has 1 aliphatic carbocycles. The van der Waals surface area contributed by atoms with Crippen LogP contribution in [0.15, 0.2) is 0 Å². The first-order valence-corrected chi connectivity index (χ1v) is 4.23. The van der Waals surface area contributed by atoms with Crippen LogP contribution in [0.25, 0.3) is 0 Å². The van der Waals surface area contributed by atoms with E-state index >= 15 is 0 Å². The number of hydrogen-bond donors (Lipinski definition) is 2. The first-order valence-electron chi connectivity index (χ1n) is 4.23. The molecule has 0 aliphatic heterocycles. The maximum Gasteiger partial charge on any atom is 0.106 e. The zero-order chi connectivity index (χ0) is 8.27. The van der Waals surface area contributed by atoms with Crippen LogP contribution in [0.1, 0.15) is 26.2 Å². The average molecular weight is 160 g/mol. The fourth-order valence-corrected chi connectivity index (χ4v) is 1.51. The highest BCUT2D eigenvalue weighted by atomic mass is 16.5. The van der Waals surface area contributed by atoms with E-state index in [-0.39, 0.29) is 6.10 Å². The van der Waals surface area contributed by atoms with Gasteiger partial charge in [-0.05, 0) is 26.2 Å². The molecule has 0 unspecified atom stereocenters. The number of rotatable bonds is 2. The third-order valence-corrected chi connectivity index (χ3v) is 2.14. The molecule has 0 amide bonds. The van der Waals surface area contributed by atoms with Crippen LogP contribution in [-0.2, 0) is 4.74 Å². The van der Waals surface area contributed by atoms with Crippen LogP contribution in [0.3, 0.4) is 0 Å². The van der Waals surface area contributed by atoms with Gasteiger partial charge in [-0.3, -0.25) is 0 Å². The summed E-state index contributed by atoms with van der Waals surface area (Å²) < 4.78 is 5.26. The van der Waals surface area contributed by atoms with Gasteiger partial charge in [0.05, 0.1) is 12.2 Å². The maximum absolute atomic E-state index is 9.39. The largest absolute Gasteiger partial charge is 0.390 e. The average Bonchev–Trinajstić information content (AvgIpc) is 1.99. The van der Waals surface area contributed by atoms with E-state index in [9.17, 15) is 10.2 Å². The molecule has 0 spiro atoms. The van der Waals surface area contributed by atoms with E-state index in [1.54, 1.807) is 0 Å². The maximum atomic E-state index is 9.39. The second kappa shape index (κ2) is 4.04. The van der Waals surface area contributed by atoms with Crippen molar-refractivity contribution in [2.24, 2.45) is 0 Å². The summed E-state index contributed by atoms with van der Waals surface area (Å²) in [7, 11) is 0. The second-order valence-electron chi connectivity index (χ2n) is 2.98. The molecule has 0 saturated heterocycles. The zero-order valence-electron chi connectivity index (χ0n) is 6.86. The zero-order valence-corrected chi connectivity index (χ0v) is 6.86. The number of aliphatic hydroxyl groups is 2. The van der Waals surface area contributed by atoms with Gasteiger partial charge in [-0.1, -0.05) is 0 Å².